The molecule has 4 N–H and O–H groups in total. The first-order valence-corrected chi connectivity index (χ1v) is 20.0. The lowest BCUT2D eigenvalue weighted by Crippen LogP contribution is -2.48. The minimum atomic E-state index is -1.25. The number of anilines is 1. The summed E-state index contributed by atoms with van der Waals surface area (Å²) >= 11 is 0. The summed E-state index contributed by atoms with van der Waals surface area (Å²) in [5.41, 5.74) is 4.42. The number of nitrogens with zero attached hydrogens (tertiary/aromatic N) is 5. The van der Waals surface area contributed by atoms with E-state index in [1.165, 1.54) is 19.1 Å². The number of hydrogen-bond acceptors (Lipinski definition) is 9. The highest BCUT2D eigenvalue weighted by Gasteiger charge is 2.41. The zero-order valence-corrected chi connectivity index (χ0v) is 33.5. The quantitative estimate of drug-likeness (QED) is 0.106. The number of methoxy groups -OCH3 is 1. The molecule has 8 rings (SSSR count). The Balaban J connectivity index is 0.963. The van der Waals surface area contributed by atoms with Crippen molar-refractivity contribution < 1.29 is 38.2 Å². The second kappa shape index (κ2) is 17.4. The number of carbonyl (C=O) groups excluding carboxylic acids is 4. The van der Waals surface area contributed by atoms with Crippen molar-refractivity contribution in [3.63, 3.8) is 0 Å². The molecule has 0 unspecified atom stereocenters. The molecule has 2 aliphatic heterocycles. The number of oxazole rings is 1. The molecule has 0 aliphatic carbocycles. The maximum atomic E-state index is 14.0. The van der Waals surface area contributed by atoms with Gasteiger partial charge in [-0.25, -0.2) is 19.6 Å². The van der Waals surface area contributed by atoms with E-state index in [4.69, 9.17) is 14.1 Å². The number of H-pyrrole nitrogens is 1. The lowest BCUT2D eigenvalue weighted by molar-refractivity contribution is -0.140. The predicted molar refractivity (Wildman–Crippen MR) is 224 cm³/mol. The monoisotopic (exact) mass is 824 g/mol. The van der Waals surface area contributed by atoms with Crippen LogP contribution in [0.15, 0.2) is 114 Å². The van der Waals surface area contributed by atoms with Gasteiger partial charge in [-0.1, -0.05) is 72.8 Å². The van der Waals surface area contributed by atoms with Crippen LogP contribution in [0, 0.1) is 0 Å². The topological polar surface area (TPSA) is 203 Å². The van der Waals surface area contributed by atoms with E-state index in [0.717, 1.165) is 16.8 Å². The Morgan fingerprint density at radius 2 is 1.57 bits per heavy atom. The van der Waals surface area contributed by atoms with E-state index < -0.39 is 36.2 Å². The van der Waals surface area contributed by atoms with Crippen molar-refractivity contribution in [1.82, 2.24) is 35.0 Å². The number of aromatic nitrogens is 3. The number of benzene rings is 4. The third kappa shape index (κ3) is 8.37. The number of imidazole rings is 1. The van der Waals surface area contributed by atoms with Crippen molar-refractivity contribution in [2.24, 2.45) is 0 Å². The zero-order chi connectivity index (χ0) is 42.6. The molecule has 0 saturated carbocycles. The lowest BCUT2D eigenvalue weighted by atomic mass is 10.0. The first kappa shape index (κ1) is 40.3. The number of carbonyl (C=O) groups is 5. The van der Waals surface area contributed by atoms with Crippen LogP contribution >= 0.6 is 0 Å². The molecule has 4 aromatic carbocycles. The van der Waals surface area contributed by atoms with Crippen LogP contribution in [-0.4, -0.2) is 98.0 Å². The Morgan fingerprint density at radius 3 is 2.31 bits per heavy atom. The van der Waals surface area contributed by atoms with Crippen LogP contribution in [0.2, 0.25) is 0 Å². The molecular formula is C45H44N8O8. The number of likely N-dealkylation sites (N-methyl/N-ethyl adjacent to an activating group) is 1. The molecule has 2 aliphatic rings. The van der Waals surface area contributed by atoms with Crippen molar-refractivity contribution in [2.45, 2.75) is 49.9 Å². The molecule has 5 amide bonds. The molecule has 2 fully saturated rings. The number of carboxylic acid groups (broad SMARTS) is 1. The van der Waals surface area contributed by atoms with Crippen molar-refractivity contribution in [3.05, 3.63) is 126 Å². The average molecular weight is 825 g/mol. The molecule has 312 valence electrons. The van der Waals surface area contributed by atoms with Gasteiger partial charge in [0, 0.05) is 37.0 Å². The standard InChI is InChI=1S/C45H44N8O8/c1-51(45(58)59)38(28-14-7-4-8-15-28)43(56)53-23-11-19-35(53)40(54)47-31-17-9-16-29(24-31)36-26-46-41(61-36)30-20-21-32-33(25-30)49-39(48-32)34-18-10-22-52(34)42(55)37(50-44(57)60-2)27-12-5-3-6-13-27/h3-9,12-17,20-21,24-26,34-35,37-38H,10-11,18-19,22-23H2,1-2H3,(H,47,54)(H,48,49)(H,50,57)(H,58,59)/t34-,35-,37+,38+/m0/s1. The Kier molecular flexibility index (Phi) is 11.5. The van der Waals surface area contributed by atoms with E-state index in [1.54, 1.807) is 71.8 Å². The van der Waals surface area contributed by atoms with Crippen molar-refractivity contribution in [1.29, 1.82) is 0 Å². The van der Waals surface area contributed by atoms with E-state index >= 15 is 0 Å². The normalized spacial score (nSPS) is 17.1. The van der Waals surface area contributed by atoms with E-state index in [0.29, 0.717) is 83.3 Å². The van der Waals surface area contributed by atoms with Gasteiger partial charge in [-0.2, -0.15) is 0 Å². The van der Waals surface area contributed by atoms with Gasteiger partial charge in [0.2, 0.25) is 11.8 Å². The number of likely N-dealkylation sites (tertiary alicyclic amines) is 2. The maximum absolute atomic E-state index is 14.0. The summed E-state index contributed by atoms with van der Waals surface area (Å²) in [7, 11) is 2.61. The largest absolute Gasteiger partial charge is 0.465 e. The fraction of sp³-hybridized carbons (Fsp3) is 0.267. The van der Waals surface area contributed by atoms with Crippen LogP contribution < -0.4 is 10.6 Å². The number of nitrogens with one attached hydrogen (secondary N) is 3. The van der Waals surface area contributed by atoms with Gasteiger partial charge in [-0.3, -0.25) is 19.3 Å². The number of rotatable bonds is 11. The molecule has 0 bridgehead atoms. The van der Waals surface area contributed by atoms with Gasteiger partial charge in [-0.05, 0) is 67.1 Å². The third-order valence-electron chi connectivity index (χ3n) is 11.2. The second-order valence-electron chi connectivity index (χ2n) is 15.0. The summed E-state index contributed by atoms with van der Waals surface area (Å²) in [6, 6.07) is 27.3. The molecule has 16 nitrogen and oxygen atoms in total. The molecule has 16 heteroatoms. The number of hydrogen-bond donors (Lipinski definition) is 4. The van der Waals surface area contributed by atoms with Gasteiger partial charge >= 0.3 is 12.2 Å². The minimum Gasteiger partial charge on any atom is -0.465 e. The molecule has 4 atom stereocenters. The van der Waals surface area contributed by atoms with Crippen LogP contribution in [0.4, 0.5) is 15.3 Å². The van der Waals surface area contributed by atoms with Crippen LogP contribution in [0.5, 0.6) is 0 Å². The number of alkyl carbamates (subject to hydrolysis) is 1. The van der Waals surface area contributed by atoms with Crippen LogP contribution in [0.3, 0.4) is 0 Å². The van der Waals surface area contributed by atoms with Crippen LogP contribution in [-0.2, 0) is 19.1 Å². The van der Waals surface area contributed by atoms with Gasteiger partial charge in [0.1, 0.15) is 23.9 Å². The zero-order valence-electron chi connectivity index (χ0n) is 33.5. The summed E-state index contributed by atoms with van der Waals surface area (Å²) in [5, 5.41) is 15.4. The third-order valence-corrected chi connectivity index (χ3v) is 11.2. The molecule has 0 spiro atoms. The molecule has 2 aromatic heterocycles. The molecular weight excluding hydrogens is 781 g/mol. The van der Waals surface area contributed by atoms with Crippen molar-refractivity contribution in [3.8, 4) is 22.8 Å². The van der Waals surface area contributed by atoms with Crippen LogP contribution in [0.25, 0.3) is 33.8 Å². The van der Waals surface area contributed by atoms with Gasteiger partial charge in [0.15, 0.2) is 5.76 Å². The Labute approximate surface area is 350 Å². The highest BCUT2D eigenvalue weighted by Crippen LogP contribution is 2.36. The number of aromatic amines is 1. The average Bonchev–Trinajstić information content (AvgIpc) is 4.12. The van der Waals surface area contributed by atoms with Gasteiger partial charge < -0.3 is 39.7 Å². The number of amides is 5. The molecule has 6 aromatic rings. The van der Waals surface area contributed by atoms with Crippen molar-refractivity contribution in [2.75, 3.05) is 32.6 Å². The highest BCUT2D eigenvalue weighted by atomic mass is 16.5. The first-order valence-electron chi connectivity index (χ1n) is 20.0. The Bertz CT molecular complexity index is 2580. The molecule has 61 heavy (non-hydrogen) atoms. The summed E-state index contributed by atoms with van der Waals surface area (Å²) in [6.45, 7) is 0.826. The summed E-state index contributed by atoms with van der Waals surface area (Å²) in [6.07, 6.45) is 2.13. The predicted octanol–water partition coefficient (Wildman–Crippen LogP) is 6.93. The van der Waals surface area contributed by atoms with E-state index in [-0.39, 0.29) is 17.9 Å². The highest BCUT2D eigenvalue weighted by molar-refractivity contribution is 5.99. The summed E-state index contributed by atoms with van der Waals surface area (Å²) < 4.78 is 11.0. The fourth-order valence-electron chi connectivity index (χ4n) is 8.16. The summed E-state index contributed by atoms with van der Waals surface area (Å²) in [5.74, 6) is 0.346. The van der Waals surface area contributed by atoms with E-state index in [1.807, 2.05) is 42.5 Å². The van der Waals surface area contributed by atoms with Crippen LogP contribution in [0.1, 0.15) is 60.8 Å². The Morgan fingerprint density at radius 1 is 0.852 bits per heavy atom. The lowest BCUT2D eigenvalue weighted by Gasteiger charge is -2.32. The van der Waals surface area contributed by atoms with E-state index in [2.05, 4.69) is 20.6 Å². The summed E-state index contributed by atoms with van der Waals surface area (Å²) in [4.78, 5) is 82.8. The van der Waals surface area contributed by atoms with Crippen molar-refractivity contribution >= 4 is 46.6 Å². The maximum Gasteiger partial charge on any atom is 0.407 e. The second-order valence-corrected chi connectivity index (χ2v) is 15.0. The SMILES string of the molecule is COC(=O)N[C@@H](C(=O)N1CCC[C@H]1c1nc2cc(-c3ncc(-c4cccc(NC(=O)[C@@H]5CCCN5C(=O)[C@@H](c5ccccc5)N(C)C(=O)O)c4)o3)ccc2[nH]1)c1ccccc1. The van der Waals surface area contributed by atoms with Gasteiger partial charge in [-0.15, -0.1) is 0 Å². The first-order chi connectivity index (χ1) is 29.6. The van der Waals surface area contributed by atoms with Gasteiger partial charge in [0.05, 0.1) is 30.4 Å². The molecule has 2 saturated heterocycles. The Hall–Kier alpha value is -7.49. The molecule has 0 radical (unpaired) electrons. The fourth-order valence-corrected chi connectivity index (χ4v) is 8.16. The molecule has 4 heterocycles. The number of ether oxygens (including phenoxy) is 1. The van der Waals surface area contributed by atoms with Gasteiger partial charge in [0.25, 0.3) is 11.8 Å². The van der Waals surface area contributed by atoms with E-state index in [9.17, 15) is 29.1 Å². The smallest absolute Gasteiger partial charge is 0.407 e. The number of fused-ring (bicyclic) bond motifs is 1. The minimum absolute atomic E-state index is 0.259.